The molecule has 30 heavy (non-hydrogen) atoms. The number of benzene rings is 1. The summed E-state index contributed by atoms with van der Waals surface area (Å²) >= 11 is 1.48. The predicted octanol–water partition coefficient (Wildman–Crippen LogP) is 4.61. The van der Waals surface area contributed by atoms with Crippen LogP contribution in [0.25, 0.3) is 21.3 Å². The number of aryl methyl sites for hydroxylation is 1. The third-order valence-corrected chi connectivity index (χ3v) is 7.68. The number of piperidine rings is 1. The molecule has 1 saturated carbocycles. The van der Waals surface area contributed by atoms with Crippen molar-refractivity contribution in [2.45, 2.75) is 58.0 Å². The lowest BCUT2D eigenvalue weighted by Crippen LogP contribution is -2.51. The summed E-state index contributed by atoms with van der Waals surface area (Å²) in [5.41, 5.74) is 2.97. The van der Waals surface area contributed by atoms with E-state index in [0.29, 0.717) is 17.3 Å². The molecule has 6 heteroatoms. The summed E-state index contributed by atoms with van der Waals surface area (Å²) in [6.45, 7) is 2.94. The molecule has 3 heterocycles. The Hall–Kier alpha value is -2.47. The fraction of sp³-hybridized carbons (Fsp3) is 0.458. The largest absolute Gasteiger partial charge is 0.338 e. The number of carbonyl (C=O) groups is 1. The van der Waals surface area contributed by atoms with Crippen LogP contribution in [-0.4, -0.2) is 32.9 Å². The molecule has 2 aromatic heterocycles. The maximum atomic E-state index is 13.3. The molecule has 0 spiro atoms. The highest BCUT2D eigenvalue weighted by Gasteiger charge is 2.35. The van der Waals surface area contributed by atoms with Crippen molar-refractivity contribution in [3.63, 3.8) is 0 Å². The van der Waals surface area contributed by atoms with E-state index >= 15 is 0 Å². The zero-order valence-electron chi connectivity index (χ0n) is 17.3. The van der Waals surface area contributed by atoms with Gasteiger partial charge in [-0.3, -0.25) is 14.2 Å². The van der Waals surface area contributed by atoms with Gasteiger partial charge < -0.3 is 4.90 Å². The van der Waals surface area contributed by atoms with E-state index in [-0.39, 0.29) is 18.0 Å². The van der Waals surface area contributed by atoms with E-state index in [0.717, 1.165) is 35.3 Å². The Kier molecular flexibility index (Phi) is 5.19. The van der Waals surface area contributed by atoms with Gasteiger partial charge in [0.2, 0.25) is 5.91 Å². The van der Waals surface area contributed by atoms with Crippen molar-refractivity contribution in [1.29, 1.82) is 0 Å². The van der Waals surface area contributed by atoms with Gasteiger partial charge in [-0.05, 0) is 44.1 Å². The fourth-order valence-electron chi connectivity index (χ4n) is 5.20. The van der Waals surface area contributed by atoms with E-state index < -0.39 is 0 Å². The van der Waals surface area contributed by atoms with Crippen LogP contribution in [0.5, 0.6) is 0 Å². The topological polar surface area (TPSA) is 55.2 Å². The number of amides is 1. The average molecular weight is 422 g/mol. The van der Waals surface area contributed by atoms with Crippen molar-refractivity contribution in [2.75, 3.05) is 6.54 Å². The maximum absolute atomic E-state index is 13.3. The Morgan fingerprint density at radius 3 is 2.73 bits per heavy atom. The molecule has 0 radical (unpaired) electrons. The molecular formula is C24H27N3O2S. The van der Waals surface area contributed by atoms with Crippen LogP contribution in [0.15, 0.2) is 40.8 Å². The van der Waals surface area contributed by atoms with E-state index in [1.165, 1.54) is 47.2 Å². The van der Waals surface area contributed by atoms with Crippen LogP contribution in [0.3, 0.4) is 0 Å². The Labute approximate surface area is 180 Å². The van der Waals surface area contributed by atoms with Gasteiger partial charge >= 0.3 is 0 Å². The van der Waals surface area contributed by atoms with Crippen LogP contribution >= 0.6 is 11.3 Å². The zero-order valence-corrected chi connectivity index (χ0v) is 18.2. The smallest absolute Gasteiger partial charge is 0.263 e. The summed E-state index contributed by atoms with van der Waals surface area (Å²) in [5.74, 6) is 0.695. The number of aromatic nitrogens is 2. The molecule has 156 valence electrons. The molecule has 1 saturated heterocycles. The molecule has 1 aromatic carbocycles. The molecule has 5 nitrogen and oxygen atoms in total. The molecule has 5 rings (SSSR count). The second-order valence-corrected chi connectivity index (χ2v) is 9.57. The molecule has 3 aromatic rings. The van der Waals surface area contributed by atoms with E-state index in [9.17, 15) is 9.59 Å². The Morgan fingerprint density at radius 1 is 1.13 bits per heavy atom. The van der Waals surface area contributed by atoms with Gasteiger partial charge in [0.15, 0.2) is 0 Å². The molecular weight excluding hydrogens is 394 g/mol. The van der Waals surface area contributed by atoms with Crippen molar-refractivity contribution in [1.82, 2.24) is 14.5 Å². The highest BCUT2D eigenvalue weighted by molar-refractivity contribution is 7.17. The number of fused-ring (bicyclic) bond motifs is 2. The normalized spacial score (nSPS) is 21.6. The van der Waals surface area contributed by atoms with Gasteiger partial charge in [-0.1, -0.05) is 42.7 Å². The van der Waals surface area contributed by atoms with Crippen molar-refractivity contribution in [3.05, 3.63) is 51.9 Å². The molecule has 0 N–H and O–H groups in total. The summed E-state index contributed by atoms with van der Waals surface area (Å²) < 4.78 is 1.50. The van der Waals surface area contributed by atoms with Crippen molar-refractivity contribution in [2.24, 2.45) is 5.92 Å². The Bertz CT molecular complexity index is 1130. The first kappa shape index (κ1) is 19.5. The quantitative estimate of drug-likeness (QED) is 0.620. The minimum absolute atomic E-state index is 0.0574. The summed E-state index contributed by atoms with van der Waals surface area (Å²) in [5, 5.41) is 2.61. The predicted molar refractivity (Wildman–Crippen MR) is 121 cm³/mol. The standard InChI is InChI=1S/C24H27N3O2S/c1-16-8-10-17(11-9-16)19-14-30-23-22(19)24(29)26(15-25-23)13-21(28)27-12-4-6-18-5-2-3-7-20(18)27/h8-11,14-15,18,20H,2-7,12-13H2,1H3/t18-,20+/m1/s1. The van der Waals surface area contributed by atoms with Crippen LogP contribution < -0.4 is 5.56 Å². The van der Waals surface area contributed by atoms with E-state index in [2.05, 4.69) is 9.88 Å². The summed E-state index contributed by atoms with van der Waals surface area (Å²) in [6.07, 6.45) is 8.66. The van der Waals surface area contributed by atoms with Gasteiger partial charge in [0.05, 0.1) is 11.7 Å². The molecule has 0 bridgehead atoms. The maximum Gasteiger partial charge on any atom is 0.263 e. The number of nitrogens with zero attached hydrogens (tertiary/aromatic N) is 3. The minimum Gasteiger partial charge on any atom is -0.338 e. The first-order valence-electron chi connectivity index (χ1n) is 10.9. The number of carbonyl (C=O) groups excluding carboxylic acids is 1. The molecule has 1 aliphatic carbocycles. The molecule has 2 aliphatic rings. The van der Waals surface area contributed by atoms with E-state index in [4.69, 9.17) is 0 Å². The van der Waals surface area contributed by atoms with Gasteiger partial charge in [-0.2, -0.15) is 0 Å². The Morgan fingerprint density at radius 2 is 1.90 bits per heavy atom. The minimum atomic E-state index is -0.123. The zero-order chi connectivity index (χ0) is 20.7. The third-order valence-electron chi connectivity index (χ3n) is 6.79. The van der Waals surface area contributed by atoms with E-state index in [1.54, 1.807) is 6.33 Å². The van der Waals surface area contributed by atoms with Crippen LogP contribution in [0, 0.1) is 12.8 Å². The van der Waals surface area contributed by atoms with Crippen molar-refractivity contribution >= 4 is 27.5 Å². The fourth-order valence-corrected chi connectivity index (χ4v) is 6.10. The lowest BCUT2D eigenvalue weighted by Gasteiger charge is -2.44. The van der Waals surface area contributed by atoms with Crippen LogP contribution in [0.2, 0.25) is 0 Å². The van der Waals surface area contributed by atoms with Gasteiger partial charge in [0.25, 0.3) is 5.56 Å². The van der Waals surface area contributed by atoms with Gasteiger partial charge in [0.1, 0.15) is 11.4 Å². The van der Waals surface area contributed by atoms with Crippen molar-refractivity contribution < 1.29 is 4.79 Å². The van der Waals surface area contributed by atoms with Crippen LogP contribution in [-0.2, 0) is 11.3 Å². The summed E-state index contributed by atoms with van der Waals surface area (Å²) in [6, 6.07) is 8.53. The SMILES string of the molecule is Cc1ccc(-c2csc3ncn(CC(=O)N4CCC[C@H]5CCCC[C@@H]54)c(=O)c23)cc1. The molecule has 2 atom stereocenters. The number of hydrogen-bond donors (Lipinski definition) is 0. The van der Waals surface area contributed by atoms with Gasteiger partial charge in [-0.15, -0.1) is 11.3 Å². The second kappa shape index (κ2) is 7.99. The average Bonchev–Trinajstić information content (AvgIpc) is 3.20. The number of rotatable bonds is 3. The third kappa shape index (κ3) is 3.47. The highest BCUT2D eigenvalue weighted by atomic mass is 32.1. The highest BCUT2D eigenvalue weighted by Crippen LogP contribution is 2.35. The Balaban J connectivity index is 1.45. The summed E-state index contributed by atoms with van der Waals surface area (Å²) in [4.78, 5) is 33.8. The van der Waals surface area contributed by atoms with Crippen LogP contribution in [0.1, 0.15) is 44.1 Å². The summed E-state index contributed by atoms with van der Waals surface area (Å²) in [7, 11) is 0. The first-order valence-corrected chi connectivity index (χ1v) is 11.8. The van der Waals surface area contributed by atoms with Crippen LogP contribution in [0.4, 0.5) is 0 Å². The van der Waals surface area contributed by atoms with Crippen molar-refractivity contribution in [3.8, 4) is 11.1 Å². The molecule has 2 fully saturated rings. The first-order chi connectivity index (χ1) is 14.6. The number of thiophene rings is 1. The number of likely N-dealkylation sites (tertiary alicyclic amines) is 1. The number of hydrogen-bond acceptors (Lipinski definition) is 4. The van der Waals surface area contributed by atoms with Gasteiger partial charge in [0, 0.05) is 23.5 Å². The monoisotopic (exact) mass is 421 g/mol. The van der Waals surface area contributed by atoms with Gasteiger partial charge in [-0.25, -0.2) is 4.98 Å². The molecule has 1 amide bonds. The molecule has 0 unspecified atom stereocenters. The molecule has 1 aliphatic heterocycles. The lowest BCUT2D eigenvalue weighted by atomic mass is 9.78. The lowest BCUT2D eigenvalue weighted by molar-refractivity contribution is -0.138. The van der Waals surface area contributed by atoms with E-state index in [1.807, 2.05) is 36.6 Å². The second-order valence-electron chi connectivity index (χ2n) is 8.71.